The standard InChI is InChI=1S/C24H20N2O3.C5H12N2/c1-28-20-14-26-15-21-22(20)23(27)12-11-19(17-5-3-2-4-6-17)24(23,29-21)18-9-7-16(13-25)8-10-18;1-7-4-2-6-3-5-7/h2-10,14-15,19,27H,11-12H2,1H3;6H,2-5H2,1H3/t19-,23+,24-;/m0./s1. The van der Waals surface area contributed by atoms with Gasteiger partial charge in [-0.1, -0.05) is 42.5 Å². The molecule has 0 unspecified atom stereocenters. The van der Waals surface area contributed by atoms with Crippen molar-refractivity contribution in [3.05, 3.63) is 89.2 Å². The number of methoxy groups -OCH3 is 1. The molecule has 36 heavy (non-hydrogen) atoms. The van der Waals surface area contributed by atoms with Gasteiger partial charge in [0.05, 0.1) is 36.7 Å². The second-order valence-corrected chi connectivity index (χ2v) is 9.66. The molecule has 2 aliphatic heterocycles. The molecule has 1 saturated carbocycles. The summed E-state index contributed by atoms with van der Waals surface area (Å²) < 4.78 is 12.2. The normalized spacial score (nSPS) is 26.6. The van der Waals surface area contributed by atoms with Gasteiger partial charge < -0.3 is 24.8 Å². The molecule has 6 rings (SSSR count). The minimum absolute atomic E-state index is 0.0706. The predicted octanol–water partition coefficient (Wildman–Crippen LogP) is 3.54. The maximum Gasteiger partial charge on any atom is 0.174 e. The Balaban J connectivity index is 0.000000330. The van der Waals surface area contributed by atoms with Crippen molar-refractivity contribution in [2.75, 3.05) is 40.3 Å². The molecule has 1 saturated heterocycles. The number of nitriles is 1. The van der Waals surface area contributed by atoms with E-state index in [0.717, 1.165) is 30.6 Å². The van der Waals surface area contributed by atoms with E-state index < -0.39 is 11.2 Å². The first-order valence-electron chi connectivity index (χ1n) is 12.4. The molecule has 0 spiro atoms. The van der Waals surface area contributed by atoms with Crippen LogP contribution in [0.5, 0.6) is 11.5 Å². The molecule has 2 N–H and O–H groups in total. The first-order valence-corrected chi connectivity index (χ1v) is 12.4. The van der Waals surface area contributed by atoms with Crippen LogP contribution >= 0.6 is 0 Å². The number of rotatable bonds is 3. The van der Waals surface area contributed by atoms with E-state index in [0.29, 0.717) is 29.0 Å². The lowest BCUT2D eigenvalue weighted by atomic mass is 9.71. The minimum atomic E-state index is -1.27. The third-order valence-electron chi connectivity index (χ3n) is 7.67. The quantitative estimate of drug-likeness (QED) is 0.588. The van der Waals surface area contributed by atoms with Crippen LogP contribution in [0.1, 0.15) is 41.0 Å². The van der Waals surface area contributed by atoms with Gasteiger partial charge >= 0.3 is 0 Å². The Morgan fingerprint density at radius 1 is 1.11 bits per heavy atom. The molecule has 3 heterocycles. The fraction of sp³-hybridized carbons (Fsp3) is 0.379. The van der Waals surface area contributed by atoms with E-state index in [1.54, 1.807) is 31.6 Å². The molecule has 2 aromatic carbocycles. The molecular weight excluding hydrogens is 452 g/mol. The number of nitrogens with one attached hydrogen (secondary N) is 1. The molecule has 0 bridgehead atoms. The summed E-state index contributed by atoms with van der Waals surface area (Å²) in [6.45, 7) is 4.74. The Bertz CT molecular complexity index is 1240. The summed E-state index contributed by atoms with van der Waals surface area (Å²) in [7, 11) is 3.73. The summed E-state index contributed by atoms with van der Waals surface area (Å²) in [5.41, 5.74) is 0.860. The van der Waals surface area contributed by atoms with Gasteiger partial charge in [-0.3, -0.25) is 4.98 Å². The van der Waals surface area contributed by atoms with E-state index in [1.807, 2.05) is 30.3 Å². The fourth-order valence-electron chi connectivity index (χ4n) is 5.89. The minimum Gasteiger partial charge on any atom is -0.495 e. The summed E-state index contributed by atoms with van der Waals surface area (Å²) >= 11 is 0. The smallest absolute Gasteiger partial charge is 0.174 e. The molecule has 7 nitrogen and oxygen atoms in total. The highest BCUT2D eigenvalue weighted by atomic mass is 16.5. The topological polar surface area (TPSA) is 90.6 Å². The number of pyridine rings is 1. The Kier molecular flexibility index (Phi) is 6.67. The first-order chi connectivity index (χ1) is 17.5. The van der Waals surface area contributed by atoms with Gasteiger partial charge in [0, 0.05) is 32.1 Å². The second-order valence-electron chi connectivity index (χ2n) is 9.66. The maximum atomic E-state index is 12.2. The summed E-state index contributed by atoms with van der Waals surface area (Å²) in [5.74, 6) is 0.991. The van der Waals surface area contributed by atoms with Crippen molar-refractivity contribution in [1.82, 2.24) is 15.2 Å². The number of aliphatic hydroxyl groups is 1. The van der Waals surface area contributed by atoms with Gasteiger partial charge in [0.25, 0.3) is 0 Å². The lowest BCUT2D eigenvalue weighted by Crippen LogP contribution is -2.48. The number of hydrogen-bond donors (Lipinski definition) is 2. The van der Waals surface area contributed by atoms with Crippen molar-refractivity contribution in [3.63, 3.8) is 0 Å². The number of benzene rings is 2. The highest BCUT2D eigenvalue weighted by Gasteiger charge is 2.69. The molecule has 1 aliphatic carbocycles. The van der Waals surface area contributed by atoms with E-state index in [4.69, 9.17) is 9.47 Å². The molecular formula is C29H32N4O3. The van der Waals surface area contributed by atoms with Crippen LogP contribution in [0.25, 0.3) is 0 Å². The number of likely N-dealkylation sites (N-methyl/N-ethyl adjacent to an activating group) is 1. The first kappa shape index (κ1) is 24.3. The van der Waals surface area contributed by atoms with Gasteiger partial charge in [-0.05, 0) is 43.1 Å². The van der Waals surface area contributed by atoms with Crippen LogP contribution in [0.15, 0.2) is 67.0 Å². The lowest BCUT2D eigenvalue weighted by Gasteiger charge is -2.40. The maximum absolute atomic E-state index is 12.2. The summed E-state index contributed by atoms with van der Waals surface area (Å²) in [6.07, 6.45) is 4.54. The van der Waals surface area contributed by atoms with Crippen molar-refractivity contribution in [1.29, 1.82) is 5.26 Å². The molecule has 0 amide bonds. The average Bonchev–Trinajstić information content (AvgIpc) is 3.37. The van der Waals surface area contributed by atoms with Crippen LogP contribution in [0.2, 0.25) is 0 Å². The number of fused-ring (bicyclic) bond motifs is 3. The van der Waals surface area contributed by atoms with Gasteiger partial charge in [0.15, 0.2) is 5.60 Å². The summed E-state index contributed by atoms with van der Waals surface area (Å²) in [4.78, 5) is 6.56. The Morgan fingerprint density at radius 3 is 2.44 bits per heavy atom. The van der Waals surface area contributed by atoms with Gasteiger partial charge in [-0.25, -0.2) is 0 Å². The molecule has 2 fully saturated rings. The second kappa shape index (κ2) is 9.90. The zero-order valence-corrected chi connectivity index (χ0v) is 20.8. The highest BCUT2D eigenvalue weighted by Crippen LogP contribution is 2.67. The van der Waals surface area contributed by atoms with E-state index in [2.05, 4.69) is 40.5 Å². The fourth-order valence-corrected chi connectivity index (χ4v) is 5.89. The molecule has 3 aromatic rings. The van der Waals surface area contributed by atoms with Crippen molar-refractivity contribution in [2.45, 2.75) is 30.0 Å². The van der Waals surface area contributed by atoms with Crippen LogP contribution in [0.3, 0.4) is 0 Å². The van der Waals surface area contributed by atoms with Gasteiger partial charge in [-0.15, -0.1) is 0 Å². The van der Waals surface area contributed by atoms with E-state index in [9.17, 15) is 10.4 Å². The molecule has 0 radical (unpaired) electrons. The van der Waals surface area contributed by atoms with Crippen molar-refractivity contribution in [3.8, 4) is 17.6 Å². The molecule has 3 aliphatic rings. The third kappa shape index (κ3) is 3.92. The van der Waals surface area contributed by atoms with Crippen LogP contribution < -0.4 is 14.8 Å². The van der Waals surface area contributed by atoms with Crippen LogP contribution in [0, 0.1) is 11.3 Å². The van der Waals surface area contributed by atoms with Crippen LogP contribution in [0.4, 0.5) is 0 Å². The largest absolute Gasteiger partial charge is 0.495 e. The summed E-state index contributed by atoms with van der Waals surface area (Å²) in [5, 5.41) is 24.6. The van der Waals surface area contributed by atoms with Gasteiger partial charge in [0.2, 0.25) is 0 Å². The van der Waals surface area contributed by atoms with Crippen molar-refractivity contribution in [2.24, 2.45) is 0 Å². The Labute approximate surface area is 212 Å². The number of piperazine rings is 1. The Hall–Kier alpha value is -3.44. The van der Waals surface area contributed by atoms with Gasteiger partial charge in [0.1, 0.15) is 17.1 Å². The summed E-state index contributed by atoms with van der Waals surface area (Å²) in [6, 6.07) is 19.6. The van der Waals surface area contributed by atoms with E-state index in [-0.39, 0.29) is 5.92 Å². The Morgan fingerprint density at radius 2 is 1.83 bits per heavy atom. The highest BCUT2D eigenvalue weighted by molar-refractivity contribution is 5.57. The van der Waals surface area contributed by atoms with Crippen molar-refractivity contribution < 1.29 is 14.6 Å². The zero-order valence-electron chi connectivity index (χ0n) is 20.8. The van der Waals surface area contributed by atoms with Crippen LogP contribution in [-0.2, 0) is 11.2 Å². The number of hydrogen-bond acceptors (Lipinski definition) is 7. The molecule has 3 atom stereocenters. The third-order valence-corrected chi connectivity index (χ3v) is 7.67. The average molecular weight is 485 g/mol. The van der Waals surface area contributed by atoms with Crippen LogP contribution in [-0.4, -0.2) is 55.3 Å². The van der Waals surface area contributed by atoms with Gasteiger partial charge in [-0.2, -0.15) is 5.26 Å². The number of ether oxygens (including phenoxy) is 2. The van der Waals surface area contributed by atoms with E-state index in [1.165, 1.54) is 13.1 Å². The number of aromatic nitrogens is 1. The van der Waals surface area contributed by atoms with Crippen molar-refractivity contribution >= 4 is 0 Å². The SMILES string of the molecule is CN1CCNCC1.COc1cncc2c1[C@]1(O)CC[C@@H](c3ccccc3)[C@]1(c1ccc(C#N)cc1)O2. The number of nitrogens with zero attached hydrogens (tertiary/aromatic N) is 3. The molecule has 1 aromatic heterocycles. The monoisotopic (exact) mass is 484 g/mol. The van der Waals surface area contributed by atoms with E-state index >= 15 is 0 Å². The zero-order chi connectivity index (χ0) is 25.2. The predicted molar refractivity (Wildman–Crippen MR) is 137 cm³/mol. The lowest BCUT2D eigenvalue weighted by molar-refractivity contribution is -0.106. The molecule has 7 heteroatoms. The molecule has 186 valence electrons.